The molecule has 132 valence electrons. The maximum Gasteiger partial charge on any atom is 0.256 e. The third-order valence-corrected chi connectivity index (χ3v) is 4.77. The van der Waals surface area contributed by atoms with Crippen molar-refractivity contribution in [2.75, 3.05) is 31.3 Å². The second-order valence-corrected chi connectivity index (χ2v) is 7.02. The van der Waals surface area contributed by atoms with Gasteiger partial charge in [-0.2, -0.15) is 0 Å². The third kappa shape index (κ3) is 6.53. The lowest BCUT2D eigenvalue weighted by molar-refractivity contribution is -0.118. The fourth-order valence-corrected chi connectivity index (χ4v) is 3.31. The van der Waals surface area contributed by atoms with Crippen molar-refractivity contribution in [3.63, 3.8) is 0 Å². The SMILES string of the molecule is COCCNC(=O)CSc1ccccc1C(=O)Nc1cccc(Br)c1. The Hall–Kier alpha value is -1.83. The van der Waals surface area contributed by atoms with Crippen LogP contribution in [0, 0.1) is 0 Å². The van der Waals surface area contributed by atoms with Crippen LogP contribution < -0.4 is 10.6 Å². The van der Waals surface area contributed by atoms with Crippen molar-refractivity contribution in [3.05, 3.63) is 58.6 Å². The number of nitrogens with one attached hydrogen (secondary N) is 2. The molecule has 2 N–H and O–H groups in total. The largest absolute Gasteiger partial charge is 0.383 e. The lowest BCUT2D eigenvalue weighted by atomic mass is 10.2. The molecule has 0 heterocycles. The van der Waals surface area contributed by atoms with E-state index in [0.29, 0.717) is 24.4 Å². The molecule has 0 unspecified atom stereocenters. The van der Waals surface area contributed by atoms with Gasteiger partial charge in [0.15, 0.2) is 0 Å². The van der Waals surface area contributed by atoms with Crippen molar-refractivity contribution in [1.82, 2.24) is 5.32 Å². The number of ether oxygens (including phenoxy) is 1. The third-order valence-electron chi connectivity index (χ3n) is 3.20. The molecule has 2 amide bonds. The Kier molecular flexibility index (Phi) is 7.97. The highest BCUT2D eigenvalue weighted by atomic mass is 79.9. The Morgan fingerprint density at radius 3 is 2.72 bits per heavy atom. The molecule has 0 fully saturated rings. The highest BCUT2D eigenvalue weighted by Gasteiger charge is 2.13. The highest BCUT2D eigenvalue weighted by Crippen LogP contribution is 2.24. The molecule has 2 aromatic carbocycles. The Bertz CT molecular complexity index is 740. The van der Waals surface area contributed by atoms with Crippen molar-refractivity contribution in [1.29, 1.82) is 0 Å². The molecule has 0 radical (unpaired) electrons. The average Bonchev–Trinajstić information content (AvgIpc) is 2.60. The predicted molar refractivity (Wildman–Crippen MR) is 104 cm³/mol. The molecular formula is C18H19BrN2O3S. The molecule has 2 aromatic rings. The van der Waals surface area contributed by atoms with Crippen LogP contribution in [-0.2, 0) is 9.53 Å². The first-order chi connectivity index (χ1) is 12.1. The molecule has 0 aliphatic rings. The normalized spacial score (nSPS) is 10.3. The van der Waals surface area contributed by atoms with E-state index in [9.17, 15) is 9.59 Å². The summed E-state index contributed by atoms with van der Waals surface area (Å²) < 4.78 is 5.78. The number of thioether (sulfide) groups is 1. The van der Waals surface area contributed by atoms with Crippen LogP contribution >= 0.6 is 27.7 Å². The smallest absolute Gasteiger partial charge is 0.256 e. The van der Waals surface area contributed by atoms with Gasteiger partial charge >= 0.3 is 0 Å². The van der Waals surface area contributed by atoms with Gasteiger partial charge in [-0.05, 0) is 30.3 Å². The summed E-state index contributed by atoms with van der Waals surface area (Å²) in [6, 6.07) is 14.6. The number of carbonyl (C=O) groups excluding carboxylic acids is 2. The van der Waals surface area contributed by atoms with Gasteiger partial charge in [-0.15, -0.1) is 11.8 Å². The molecule has 0 aliphatic carbocycles. The maximum atomic E-state index is 12.5. The quantitative estimate of drug-likeness (QED) is 0.504. The van der Waals surface area contributed by atoms with E-state index in [1.807, 2.05) is 36.4 Å². The standard InChI is InChI=1S/C18H19BrN2O3S/c1-24-10-9-20-17(22)12-25-16-8-3-2-7-15(16)18(23)21-14-6-4-5-13(19)11-14/h2-8,11H,9-10,12H2,1H3,(H,20,22)(H,21,23). The summed E-state index contributed by atoms with van der Waals surface area (Å²) in [4.78, 5) is 25.1. The van der Waals surface area contributed by atoms with Gasteiger partial charge in [-0.3, -0.25) is 9.59 Å². The van der Waals surface area contributed by atoms with Gasteiger partial charge in [0.1, 0.15) is 0 Å². The number of rotatable bonds is 8. The van der Waals surface area contributed by atoms with Crippen LogP contribution in [0.5, 0.6) is 0 Å². The fourth-order valence-electron chi connectivity index (χ4n) is 2.03. The van der Waals surface area contributed by atoms with Gasteiger partial charge < -0.3 is 15.4 Å². The van der Waals surface area contributed by atoms with Crippen LogP contribution in [0.3, 0.4) is 0 Å². The van der Waals surface area contributed by atoms with E-state index in [1.54, 1.807) is 19.2 Å². The van der Waals surface area contributed by atoms with Gasteiger partial charge in [0.2, 0.25) is 5.91 Å². The minimum atomic E-state index is -0.207. The fraction of sp³-hybridized carbons (Fsp3) is 0.222. The zero-order valence-electron chi connectivity index (χ0n) is 13.8. The van der Waals surface area contributed by atoms with E-state index >= 15 is 0 Å². The first kappa shape index (κ1) is 19.5. The lowest BCUT2D eigenvalue weighted by Gasteiger charge is -2.10. The van der Waals surface area contributed by atoms with Gasteiger partial charge in [0.05, 0.1) is 17.9 Å². The second-order valence-electron chi connectivity index (χ2n) is 5.09. The predicted octanol–water partition coefficient (Wildman–Crippen LogP) is 3.56. The molecule has 7 heteroatoms. The van der Waals surface area contributed by atoms with Crippen LogP contribution in [0.1, 0.15) is 10.4 Å². The van der Waals surface area contributed by atoms with Crippen molar-refractivity contribution in [2.24, 2.45) is 0 Å². The molecule has 0 aromatic heterocycles. The Labute approximate surface area is 159 Å². The lowest BCUT2D eigenvalue weighted by Crippen LogP contribution is -2.28. The summed E-state index contributed by atoms with van der Waals surface area (Å²) in [5, 5.41) is 5.63. The number of amides is 2. The van der Waals surface area contributed by atoms with E-state index in [1.165, 1.54) is 11.8 Å². The first-order valence-electron chi connectivity index (χ1n) is 7.64. The van der Waals surface area contributed by atoms with Crippen molar-refractivity contribution < 1.29 is 14.3 Å². The molecule has 0 saturated carbocycles. The number of carbonyl (C=O) groups is 2. The Balaban J connectivity index is 1.99. The number of methoxy groups -OCH3 is 1. The minimum absolute atomic E-state index is 0.0933. The number of hydrogen-bond acceptors (Lipinski definition) is 4. The number of anilines is 1. The molecule has 0 saturated heterocycles. The zero-order valence-corrected chi connectivity index (χ0v) is 16.2. The summed E-state index contributed by atoms with van der Waals surface area (Å²) >= 11 is 4.71. The molecule has 0 bridgehead atoms. The monoisotopic (exact) mass is 422 g/mol. The number of hydrogen-bond donors (Lipinski definition) is 2. The molecule has 2 rings (SSSR count). The van der Waals surface area contributed by atoms with Crippen LogP contribution in [0.2, 0.25) is 0 Å². The summed E-state index contributed by atoms with van der Waals surface area (Å²) in [5.74, 6) is -0.0597. The summed E-state index contributed by atoms with van der Waals surface area (Å²) in [7, 11) is 1.58. The number of halogens is 1. The second kappa shape index (κ2) is 10.2. The van der Waals surface area contributed by atoms with E-state index in [2.05, 4.69) is 26.6 Å². The molecule has 0 aliphatic heterocycles. The number of benzene rings is 2. The highest BCUT2D eigenvalue weighted by molar-refractivity contribution is 9.10. The molecular weight excluding hydrogens is 404 g/mol. The first-order valence-corrected chi connectivity index (χ1v) is 9.42. The van der Waals surface area contributed by atoms with E-state index in [0.717, 1.165) is 9.37 Å². The zero-order chi connectivity index (χ0) is 18.1. The topological polar surface area (TPSA) is 67.4 Å². The van der Waals surface area contributed by atoms with E-state index in [-0.39, 0.29) is 17.6 Å². The summed E-state index contributed by atoms with van der Waals surface area (Å²) in [6.07, 6.45) is 0. The van der Waals surface area contributed by atoms with Crippen LogP contribution in [0.25, 0.3) is 0 Å². The van der Waals surface area contributed by atoms with Crippen molar-refractivity contribution in [3.8, 4) is 0 Å². The molecule has 0 atom stereocenters. The van der Waals surface area contributed by atoms with E-state index in [4.69, 9.17) is 4.74 Å². The molecule has 0 spiro atoms. The minimum Gasteiger partial charge on any atom is -0.383 e. The Morgan fingerprint density at radius 2 is 1.96 bits per heavy atom. The van der Waals surface area contributed by atoms with Crippen LogP contribution in [0.15, 0.2) is 57.9 Å². The molecule has 5 nitrogen and oxygen atoms in total. The van der Waals surface area contributed by atoms with Gasteiger partial charge in [-0.1, -0.05) is 34.1 Å². The van der Waals surface area contributed by atoms with Crippen molar-refractivity contribution >= 4 is 45.2 Å². The summed E-state index contributed by atoms with van der Waals surface area (Å²) in [5.41, 5.74) is 1.24. The van der Waals surface area contributed by atoms with Crippen LogP contribution in [0.4, 0.5) is 5.69 Å². The maximum absolute atomic E-state index is 12.5. The van der Waals surface area contributed by atoms with Gasteiger partial charge in [0.25, 0.3) is 5.91 Å². The van der Waals surface area contributed by atoms with Crippen LogP contribution in [-0.4, -0.2) is 37.8 Å². The van der Waals surface area contributed by atoms with Gasteiger partial charge in [0, 0.05) is 28.7 Å². The average molecular weight is 423 g/mol. The summed E-state index contributed by atoms with van der Waals surface area (Å²) in [6.45, 7) is 0.947. The van der Waals surface area contributed by atoms with Crippen molar-refractivity contribution in [2.45, 2.75) is 4.90 Å². The van der Waals surface area contributed by atoms with Gasteiger partial charge in [-0.25, -0.2) is 0 Å². The Morgan fingerprint density at radius 1 is 1.16 bits per heavy atom. The van der Waals surface area contributed by atoms with E-state index < -0.39 is 0 Å². The molecule has 25 heavy (non-hydrogen) atoms.